The normalized spacial score (nSPS) is 13.1. The summed E-state index contributed by atoms with van der Waals surface area (Å²) in [6.45, 7) is 6.17. The van der Waals surface area contributed by atoms with Gasteiger partial charge in [0.05, 0.1) is 24.6 Å². The fraction of sp³-hybridized carbons (Fsp3) is 0.368. The Morgan fingerprint density at radius 1 is 1.16 bits per heavy atom. The van der Waals surface area contributed by atoms with Crippen molar-refractivity contribution >= 4 is 11.7 Å². The van der Waals surface area contributed by atoms with Gasteiger partial charge in [0.25, 0.3) is 0 Å². The summed E-state index contributed by atoms with van der Waals surface area (Å²) in [6, 6.07) is 11.2. The maximum Gasteiger partial charge on any atom is 0.322 e. The number of amides is 2. The number of nitrogens with one attached hydrogen (secondary N) is 1. The van der Waals surface area contributed by atoms with Crippen LogP contribution in [-0.4, -0.2) is 35.7 Å². The summed E-state index contributed by atoms with van der Waals surface area (Å²) in [7, 11) is 0. The maximum atomic E-state index is 12.6. The van der Waals surface area contributed by atoms with Crippen LogP contribution in [0.5, 0.6) is 11.6 Å². The van der Waals surface area contributed by atoms with E-state index in [1.807, 2.05) is 50.2 Å². The van der Waals surface area contributed by atoms with Gasteiger partial charge in [-0.15, -0.1) is 0 Å². The average molecular weight is 341 g/mol. The number of carbonyl (C=O) groups excluding carboxylic acids is 1. The highest BCUT2D eigenvalue weighted by Crippen LogP contribution is 2.25. The minimum absolute atomic E-state index is 0.133. The van der Waals surface area contributed by atoms with Crippen LogP contribution in [0.2, 0.25) is 0 Å². The average Bonchev–Trinajstić information content (AvgIpc) is 2.63. The number of hydrogen-bond acceptors (Lipinski definition) is 4. The van der Waals surface area contributed by atoms with Crippen molar-refractivity contribution in [3.63, 3.8) is 0 Å². The van der Waals surface area contributed by atoms with Crippen LogP contribution in [-0.2, 0) is 13.0 Å². The molecule has 1 aliphatic heterocycles. The number of rotatable bonds is 5. The fourth-order valence-electron chi connectivity index (χ4n) is 2.84. The van der Waals surface area contributed by atoms with Crippen molar-refractivity contribution in [3.8, 4) is 11.6 Å². The summed E-state index contributed by atoms with van der Waals surface area (Å²) in [5, 5.41) is 2.94. The second-order valence-corrected chi connectivity index (χ2v) is 5.72. The number of para-hydroxylation sites is 2. The lowest BCUT2D eigenvalue weighted by atomic mass is 10.1. The van der Waals surface area contributed by atoms with Crippen molar-refractivity contribution in [2.24, 2.45) is 0 Å². The lowest BCUT2D eigenvalue weighted by Gasteiger charge is -2.28. The minimum Gasteiger partial charge on any atom is -0.492 e. The third-order valence-corrected chi connectivity index (χ3v) is 4.03. The molecular formula is C19H23N3O3. The molecule has 0 atom stereocenters. The van der Waals surface area contributed by atoms with Gasteiger partial charge in [-0.2, -0.15) is 0 Å². The molecule has 0 radical (unpaired) electrons. The number of pyridine rings is 1. The third kappa shape index (κ3) is 4.02. The molecule has 0 aliphatic carbocycles. The van der Waals surface area contributed by atoms with E-state index in [1.54, 1.807) is 4.90 Å². The molecule has 0 unspecified atom stereocenters. The van der Waals surface area contributed by atoms with Crippen molar-refractivity contribution in [2.75, 3.05) is 25.1 Å². The van der Waals surface area contributed by atoms with E-state index in [2.05, 4.69) is 10.3 Å². The maximum absolute atomic E-state index is 12.6. The Morgan fingerprint density at radius 2 is 1.96 bits per heavy atom. The molecule has 6 nitrogen and oxygen atoms in total. The van der Waals surface area contributed by atoms with Crippen molar-refractivity contribution in [2.45, 2.75) is 26.8 Å². The van der Waals surface area contributed by atoms with E-state index in [1.165, 1.54) is 0 Å². The van der Waals surface area contributed by atoms with Crippen molar-refractivity contribution < 1.29 is 14.3 Å². The van der Waals surface area contributed by atoms with Gasteiger partial charge in [0.15, 0.2) is 0 Å². The van der Waals surface area contributed by atoms with Crippen LogP contribution in [0.25, 0.3) is 0 Å². The summed E-state index contributed by atoms with van der Waals surface area (Å²) in [5.41, 5.74) is 2.75. The molecule has 2 aromatic rings. The number of aromatic nitrogens is 1. The van der Waals surface area contributed by atoms with Crippen LogP contribution in [0, 0.1) is 0 Å². The molecule has 25 heavy (non-hydrogen) atoms. The molecule has 0 bridgehead atoms. The van der Waals surface area contributed by atoms with E-state index in [0.29, 0.717) is 43.6 Å². The first-order chi connectivity index (χ1) is 12.2. The topological polar surface area (TPSA) is 63.7 Å². The Balaban J connectivity index is 1.68. The highest BCUT2D eigenvalue weighted by Gasteiger charge is 2.22. The second-order valence-electron chi connectivity index (χ2n) is 5.72. The van der Waals surface area contributed by atoms with Crippen molar-refractivity contribution in [1.82, 2.24) is 9.88 Å². The molecular weight excluding hydrogens is 318 g/mol. The molecule has 0 spiro atoms. The van der Waals surface area contributed by atoms with Crippen LogP contribution in [0.1, 0.15) is 25.1 Å². The Bertz CT molecular complexity index is 748. The highest BCUT2D eigenvalue weighted by atomic mass is 16.5. The number of benzene rings is 1. The highest BCUT2D eigenvalue weighted by molar-refractivity contribution is 5.91. The molecule has 1 N–H and O–H groups in total. The number of nitrogens with zero attached hydrogens (tertiary/aromatic N) is 2. The molecule has 0 saturated carbocycles. The standard InChI is InChI=1S/C19H23N3O3/c1-3-24-17-8-6-5-7-16(17)21-19(23)22-12-11-15-14(13-22)9-10-18(20-15)25-4-2/h5-10H,3-4,11-13H2,1-2H3,(H,21,23). The molecule has 1 aromatic carbocycles. The van der Waals surface area contributed by atoms with Crippen LogP contribution < -0.4 is 14.8 Å². The van der Waals surface area contributed by atoms with Gasteiger partial charge in [-0.25, -0.2) is 9.78 Å². The first kappa shape index (κ1) is 17.1. The lowest BCUT2D eigenvalue weighted by Crippen LogP contribution is -2.39. The number of carbonyl (C=O) groups is 1. The number of urea groups is 1. The summed E-state index contributed by atoms with van der Waals surface area (Å²) < 4.78 is 11.0. The quantitative estimate of drug-likeness (QED) is 0.904. The summed E-state index contributed by atoms with van der Waals surface area (Å²) in [5.74, 6) is 1.32. The Labute approximate surface area is 147 Å². The number of hydrogen-bond donors (Lipinski definition) is 1. The van der Waals surface area contributed by atoms with Gasteiger partial charge < -0.3 is 19.7 Å². The molecule has 6 heteroatoms. The van der Waals surface area contributed by atoms with E-state index >= 15 is 0 Å². The van der Waals surface area contributed by atoms with Gasteiger partial charge in [-0.05, 0) is 31.5 Å². The van der Waals surface area contributed by atoms with Crippen LogP contribution in [0.3, 0.4) is 0 Å². The molecule has 3 rings (SSSR count). The number of anilines is 1. The molecule has 2 amide bonds. The summed E-state index contributed by atoms with van der Waals surface area (Å²) in [6.07, 6.45) is 0.719. The zero-order valence-corrected chi connectivity index (χ0v) is 14.6. The summed E-state index contributed by atoms with van der Waals surface area (Å²) >= 11 is 0. The molecule has 0 saturated heterocycles. The van der Waals surface area contributed by atoms with Gasteiger partial charge >= 0.3 is 6.03 Å². The fourth-order valence-corrected chi connectivity index (χ4v) is 2.84. The molecule has 132 valence electrons. The Hall–Kier alpha value is -2.76. The van der Waals surface area contributed by atoms with E-state index < -0.39 is 0 Å². The molecule has 0 fully saturated rings. The Kier molecular flexibility index (Phi) is 5.38. The second kappa shape index (κ2) is 7.88. The lowest BCUT2D eigenvalue weighted by molar-refractivity contribution is 0.205. The van der Waals surface area contributed by atoms with Gasteiger partial charge in [-0.3, -0.25) is 0 Å². The van der Waals surface area contributed by atoms with E-state index in [-0.39, 0.29) is 6.03 Å². The summed E-state index contributed by atoms with van der Waals surface area (Å²) in [4.78, 5) is 18.9. The molecule has 1 aromatic heterocycles. The van der Waals surface area contributed by atoms with Gasteiger partial charge in [0.2, 0.25) is 5.88 Å². The van der Waals surface area contributed by atoms with Gasteiger partial charge in [-0.1, -0.05) is 18.2 Å². The SMILES string of the molecule is CCOc1ccc2c(n1)CCN(C(=O)Nc1ccccc1OCC)C2. The minimum atomic E-state index is -0.133. The van der Waals surface area contributed by atoms with Gasteiger partial charge in [0, 0.05) is 25.6 Å². The van der Waals surface area contributed by atoms with Crippen molar-refractivity contribution in [1.29, 1.82) is 0 Å². The van der Waals surface area contributed by atoms with Crippen LogP contribution >= 0.6 is 0 Å². The predicted molar refractivity (Wildman–Crippen MR) is 96.1 cm³/mol. The smallest absolute Gasteiger partial charge is 0.322 e. The van der Waals surface area contributed by atoms with Crippen LogP contribution in [0.4, 0.5) is 10.5 Å². The van der Waals surface area contributed by atoms with Crippen molar-refractivity contribution in [3.05, 3.63) is 47.7 Å². The van der Waals surface area contributed by atoms with Gasteiger partial charge in [0.1, 0.15) is 5.75 Å². The predicted octanol–water partition coefficient (Wildman–Crippen LogP) is 3.47. The number of fused-ring (bicyclic) bond motifs is 1. The molecule has 1 aliphatic rings. The Morgan fingerprint density at radius 3 is 2.76 bits per heavy atom. The van der Waals surface area contributed by atoms with Crippen LogP contribution in [0.15, 0.2) is 36.4 Å². The largest absolute Gasteiger partial charge is 0.492 e. The van der Waals surface area contributed by atoms with E-state index in [9.17, 15) is 4.79 Å². The molecule has 2 heterocycles. The zero-order valence-electron chi connectivity index (χ0n) is 14.6. The van der Waals surface area contributed by atoms with E-state index in [4.69, 9.17) is 9.47 Å². The monoisotopic (exact) mass is 341 g/mol. The third-order valence-electron chi connectivity index (χ3n) is 4.03. The zero-order chi connectivity index (χ0) is 17.6. The first-order valence-corrected chi connectivity index (χ1v) is 8.60. The first-order valence-electron chi connectivity index (χ1n) is 8.60. The van der Waals surface area contributed by atoms with E-state index in [0.717, 1.165) is 17.7 Å². The number of ether oxygens (including phenoxy) is 2.